The van der Waals surface area contributed by atoms with Gasteiger partial charge in [-0.05, 0) is 43.9 Å². The van der Waals surface area contributed by atoms with Crippen molar-refractivity contribution in [2.75, 3.05) is 20.2 Å². The maximum absolute atomic E-state index is 12.8. The summed E-state index contributed by atoms with van der Waals surface area (Å²) >= 11 is 0. The monoisotopic (exact) mass is 338 g/mol. The van der Waals surface area contributed by atoms with E-state index in [0.717, 1.165) is 36.4 Å². The molecule has 1 saturated heterocycles. The Labute approximate surface area is 144 Å². The smallest absolute Gasteiger partial charge is 0.228 e. The predicted octanol–water partition coefficient (Wildman–Crippen LogP) is 2.82. The van der Waals surface area contributed by atoms with Crippen LogP contribution in [0.5, 0.6) is 5.75 Å². The summed E-state index contributed by atoms with van der Waals surface area (Å²) < 4.78 is 5.43. The highest BCUT2D eigenvalue weighted by molar-refractivity contribution is 5.85. The zero-order valence-electron chi connectivity index (χ0n) is 14.0. The SMILES string of the molecule is COc1cc(C)ccc1CNC(=O)[C@@]12CCCC[C@H]1CNC2.Cl. The van der Waals surface area contributed by atoms with Crippen LogP contribution < -0.4 is 15.4 Å². The minimum absolute atomic E-state index is 0. The molecule has 1 aromatic rings. The molecule has 1 amide bonds. The second-order valence-electron chi connectivity index (χ2n) is 6.73. The highest BCUT2D eigenvalue weighted by Gasteiger charge is 2.49. The molecular weight excluding hydrogens is 312 g/mol. The molecule has 23 heavy (non-hydrogen) atoms. The van der Waals surface area contributed by atoms with Crippen molar-refractivity contribution in [2.24, 2.45) is 11.3 Å². The average molecular weight is 339 g/mol. The number of ether oxygens (including phenoxy) is 1. The third kappa shape index (κ3) is 3.48. The Balaban J connectivity index is 0.00000192. The van der Waals surface area contributed by atoms with Gasteiger partial charge in [0.05, 0.1) is 12.5 Å². The van der Waals surface area contributed by atoms with Crippen LogP contribution in [0.2, 0.25) is 0 Å². The molecule has 0 aromatic heterocycles. The van der Waals surface area contributed by atoms with Gasteiger partial charge in [-0.25, -0.2) is 0 Å². The van der Waals surface area contributed by atoms with E-state index in [9.17, 15) is 4.79 Å². The quantitative estimate of drug-likeness (QED) is 0.887. The van der Waals surface area contributed by atoms with Crippen molar-refractivity contribution in [1.82, 2.24) is 10.6 Å². The number of carbonyl (C=O) groups is 1. The summed E-state index contributed by atoms with van der Waals surface area (Å²) in [4.78, 5) is 12.8. The number of aryl methyl sites for hydroxylation is 1. The van der Waals surface area contributed by atoms with E-state index >= 15 is 0 Å². The summed E-state index contributed by atoms with van der Waals surface area (Å²) in [7, 11) is 1.68. The molecule has 4 nitrogen and oxygen atoms in total. The number of halogens is 1. The third-order valence-electron chi connectivity index (χ3n) is 5.37. The Bertz CT molecular complexity index is 564. The minimum Gasteiger partial charge on any atom is -0.496 e. The van der Waals surface area contributed by atoms with Crippen LogP contribution >= 0.6 is 12.4 Å². The molecule has 3 rings (SSSR count). The Morgan fingerprint density at radius 2 is 2.26 bits per heavy atom. The van der Waals surface area contributed by atoms with Gasteiger partial charge < -0.3 is 15.4 Å². The van der Waals surface area contributed by atoms with Gasteiger partial charge >= 0.3 is 0 Å². The van der Waals surface area contributed by atoms with Gasteiger partial charge in [0.2, 0.25) is 5.91 Å². The summed E-state index contributed by atoms with van der Waals surface area (Å²) in [6.07, 6.45) is 4.61. The standard InChI is InChI=1S/C18H26N2O2.ClH/c1-13-6-7-14(16(9-13)22-2)10-20-17(21)18-8-4-3-5-15(18)11-19-12-18;/h6-7,9,15,19H,3-5,8,10-12H2,1-2H3,(H,20,21);1H/t15-,18+;/m0./s1. The summed E-state index contributed by atoms with van der Waals surface area (Å²) in [5.41, 5.74) is 2.02. The molecule has 2 aliphatic rings. The van der Waals surface area contributed by atoms with E-state index in [1.54, 1.807) is 7.11 Å². The van der Waals surface area contributed by atoms with Crippen LogP contribution in [0.15, 0.2) is 18.2 Å². The van der Waals surface area contributed by atoms with Gasteiger partial charge in [0.15, 0.2) is 0 Å². The Morgan fingerprint density at radius 1 is 1.43 bits per heavy atom. The first-order valence-electron chi connectivity index (χ1n) is 8.28. The van der Waals surface area contributed by atoms with Gasteiger partial charge in [-0.2, -0.15) is 0 Å². The molecule has 0 radical (unpaired) electrons. The lowest BCUT2D eigenvalue weighted by molar-refractivity contribution is -0.134. The normalized spacial score (nSPS) is 26.1. The van der Waals surface area contributed by atoms with Crippen LogP contribution in [-0.4, -0.2) is 26.1 Å². The number of methoxy groups -OCH3 is 1. The molecule has 0 spiro atoms. The van der Waals surface area contributed by atoms with Crippen LogP contribution in [0.25, 0.3) is 0 Å². The topological polar surface area (TPSA) is 50.4 Å². The van der Waals surface area contributed by atoms with Crippen LogP contribution in [0.4, 0.5) is 0 Å². The predicted molar refractivity (Wildman–Crippen MR) is 94.1 cm³/mol. The van der Waals surface area contributed by atoms with Crippen LogP contribution in [0, 0.1) is 18.3 Å². The van der Waals surface area contributed by atoms with E-state index in [4.69, 9.17) is 4.74 Å². The summed E-state index contributed by atoms with van der Waals surface area (Å²) in [6, 6.07) is 6.11. The molecule has 1 aromatic carbocycles. The first kappa shape index (κ1) is 18.1. The van der Waals surface area contributed by atoms with Crippen molar-refractivity contribution in [3.05, 3.63) is 29.3 Å². The largest absolute Gasteiger partial charge is 0.496 e. The van der Waals surface area contributed by atoms with Gasteiger partial charge in [-0.3, -0.25) is 4.79 Å². The van der Waals surface area contributed by atoms with Gasteiger partial charge in [0.25, 0.3) is 0 Å². The van der Waals surface area contributed by atoms with E-state index in [-0.39, 0.29) is 23.7 Å². The molecule has 5 heteroatoms. The number of rotatable bonds is 4. The molecule has 1 aliphatic heterocycles. The lowest BCUT2D eigenvalue weighted by Crippen LogP contribution is -2.47. The van der Waals surface area contributed by atoms with Crippen molar-refractivity contribution < 1.29 is 9.53 Å². The molecule has 2 atom stereocenters. The van der Waals surface area contributed by atoms with E-state index in [2.05, 4.69) is 16.7 Å². The molecule has 0 unspecified atom stereocenters. The van der Waals surface area contributed by atoms with Crippen LogP contribution in [-0.2, 0) is 11.3 Å². The zero-order chi connectivity index (χ0) is 15.6. The highest BCUT2D eigenvalue weighted by Crippen LogP contribution is 2.44. The molecule has 128 valence electrons. The fourth-order valence-corrected chi connectivity index (χ4v) is 4.04. The number of benzene rings is 1. The van der Waals surface area contributed by atoms with E-state index < -0.39 is 0 Å². The minimum atomic E-state index is -0.184. The van der Waals surface area contributed by atoms with E-state index in [1.165, 1.54) is 19.3 Å². The second-order valence-corrected chi connectivity index (χ2v) is 6.73. The van der Waals surface area contributed by atoms with Crippen molar-refractivity contribution >= 4 is 18.3 Å². The van der Waals surface area contributed by atoms with Gasteiger partial charge in [-0.1, -0.05) is 25.0 Å². The zero-order valence-corrected chi connectivity index (χ0v) is 14.8. The highest BCUT2D eigenvalue weighted by atomic mass is 35.5. The van der Waals surface area contributed by atoms with Crippen LogP contribution in [0.3, 0.4) is 0 Å². The number of fused-ring (bicyclic) bond motifs is 1. The third-order valence-corrected chi connectivity index (χ3v) is 5.37. The Hall–Kier alpha value is -1.26. The van der Waals surface area contributed by atoms with Crippen LogP contribution in [0.1, 0.15) is 36.8 Å². The van der Waals surface area contributed by atoms with Crippen molar-refractivity contribution in [3.8, 4) is 5.75 Å². The Morgan fingerprint density at radius 3 is 3.04 bits per heavy atom. The molecular formula is C18H27ClN2O2. The molecule has 1 aliphatic carbocycles. The summed E-state index contributed by atoms with van der Waals surface area (Å²) in [5, 5.41) is 6.59. The molecule has 2 N–H and O–H groups in total. The maximum atomic E-state index is 12.8. The average Bonchev–Trinajstić information content (AvgIpc) is 2.98. The lowest BCUT2D eigenvalue weighted by atomic mass is 9.67. The molecule has 1 saturated carbocycles. The van der Waals surface area contributed by atoms with Gasteiger partial charge in [0.1, 0.15) is 5.75 Å². The number of hydrogen-bond acceptors (Lipinski definition) is 3. The molecule has 2 fully saturated rings. The van der Waals surface area contributed by atoms with Crippen molar-refractivity contribution in [2.45, 2.75) is 39.2 Å². The number of hydrogen-bond donors (Lipinski definition) is 2. The van der Waals surface area contributed by atoms with Gasteiger partial charge in [-0.15, -0.1) is 12.4 Å². The number of nitrogens with one attached hydrogen (secondary N) is 2. The van der Waals surface area contributed by atoms with Crippen molar-refractivity contribution in [3.63, 3.8) is 0 Å². The Kier molecular flexibility index (Phi) is 5.93. The maximum Gasteiger partial charge on any atom is 0.228 e. The molecule has 1 heterocycles. The number of carbonyl (C=O) groups excluding carboxylic acids is 1. The molecule has 0 bridgehead atoms. The first-order chi connectivity index (χ1) is 10.7. The van der Waals surface area contributed by atoms with E-state index in [0.29, 0.717) is 12.5 Å². The fraction of sp³-hybridized carbons (Fsp3) is 0.611. The van der Waals surface area contributed by atoms with Crippen molar-refractivity contribution in [1.29, 1.82) is 0 Å². The van der Waals surface area contributed by atoms with E-state index in [1.807, 2.05) is 19.1 Å². The lowest BCUT2D eigenvalue weighted by Gasteiger charge is -2.37. The van der Waals surface area contributed by atoms with Gasteiger partial charge in [0, 0.05) is 18.7 Å². The number of amides is 1. The summed E-state index contributed by atoms with van der Waals surface area (Å²) in [5.74, 6) is 1.56. The first-order valence-corrected chi connectivity index (χ1v) is 8.28. The fourth-order valence-electron chi connectivity index (χ4n) is 4.04. The summed E-state index contributed by atoms with van der Waals surface area (Å²) in [6.45, 7) is 4.40. The second kappa shape index (κ2) is 7.54.